The number of unbranched alkanes of at least 4 members (excludes halogenated alkanes) is 6. The molecule has 0 aliphatic carbocycles. The molecule has 0 fully saturated rings. The van der Waals surface area contributed by atoms with E-state index in [0.717, 1.165) is 116 Å². The minimum absolute atomic E-state index is 0.410. The molecule has 0 spiro atoms. The maximum atomic E-state index is 10.6. The van der Waals surface area contributed by atoms with Crippen LogP contribution in [0.1, 0.15) is 184 Å². The third kappa shape index (κ3) is 9.69. The second kappa shape index (κ2) is 20.6. The van der Waals surface area contributed by atoms with Crippen LogP contribution in [0.4, 0.5) is 0 Å². The van der Waals surface area contributed by atoms with Crippen molar-refractivity contribution in [3.05, 3.63) is 0 Å². The fraction of sp³-hybridized carbons (Fsp3) is 1.00. The summed E-state index contributed by atoms with van der Waals surface area (Å²) in [6.07, 6.45) is 18.6. The van der Waals surface area contributed by atoms with Crippen molar-refractivity contribution in [3.63, 3.8) is 0 Å². The molecule has 0 amide bonds. The Morgan fingerprint density at radius 2 is 0.605 bits per heavy atom. The van der Waals surface area contributed by atoms with Gasteiger partial charge in [0.2, 0.25) is 11.6 Å². The highest BCUT2D eigenvalue weighted by Crippen LogP contribution is 2.54. The molecule has 230 valence electrons. The van der Waals surface area contributed by atoms with E-state index in [9.17, 15) is 10.5 Å². The minimum atomic E-state index is -1.35. The van der Waals surface area contributed by atoms with Gasteiger partial charge in [-0.3, -0.25) is 0 Å². The molecule has 0 aromatic heterocycles. The predicted molar refractivity (Wildman–Crippen MR) is 158 cm³/mol. The van der Waals surface area contributed by atoms with Gasteiger partial charge in [0, 0.05) is 23.7 Å². The Morgan fingerprint density at radius 3 is 0.737 bits per heavy atom. The lowest BCUT2D eigenvalue weighted by Gasteiger charge is -2.51. The van der Waals surface area contributed by atoms with Crippen molar-refractivity contribution in [2.24, 2.45) is 10.8 Å². The summed E-state index contributed by atoms with van der Waals surface area (Å²) in [4.78, 5) is 23.6. The van der Waals surface area contributed by atoms with E-state index < -0.39 is 22.4 Å². The third-order valence-electron chi connectivity index (χ3n) is 9.21. The summed E-state index contributed by atoms with van der Waals surface area (Å²) in [6.45, 7) is 17.1. The van der Waals surface area contributed by atoms with E-state index >= 15 is 0 Å². The molecular weight excluding hydrogens is 480 g/mol. The zero-order valence-electron chi connectivity index (χ0n) is 26.7. The zero-order chi connectivity index (χ0) is 29.0. The van der Waals surface area contributed by atoms with Gasteiger partial charge in [-0.1, -0.05) is 132 Å². The average molecular weight is 547 g/mol. The lowest BCUT2D eigenvalue weighted by atomic mass is 9.67. The predicted octanol–water partition coefficient (Wildman–Crippen LogP) is 11.2. The third-order valence-corrected chi connectivity index (χ3v) is 9.21. The zero-order valence-corrected chi connectivity index (χ0v) is 26.7. The van der Waals surface area contributed by atoms with Gasteiger partial charge in [-0.15, -0.1) is 0 Å². The summed E-state index contributed by atoms with van der Waals surface area (Å²) in [6, 6.07) is 0. The molecule has 0 heterocycles. The van der Waals surface area contributed by atoms with Gasteiger partial charge in [0.15, 0.2) is 0 Å². The fourth-order valence-electron chi connectivity index (χ4n) is 6.52. The molecule has 0 saturated carbocycles. The highest BCUT2D eigenvalue weighted by molar-refractivity contribution is 4.95. The van der Waals surface area contributed by atoms with E-state index in [1.807, 2.05) is 13.8 Å². The number of rotatable bonds is 27. The Bertz CT molecular complexity index is 453. The van der Waals surface area contributed by atoms with Crippen LogP contribution in [0.3, 0.4) is 0 Å². The number of hydrogen-bond acceptors (Lipinski definition) is 6. The molecule has 0 aliphatic rings. The first kappa shape index (κ1) is 37.8. The van der Waals surface area contributed by atoms with Crippen molar-refractivity contribution in [2.45, 2.75) is 195 Å². The molecule has 2 N–H and O–H groups in total. The molecule has 0 radical (unpaired) electrons. The van der Waals surface area contributed by atoms with Gasteiger partial charge in [0.05, 0.1) is 0 Å². The Kier molecular flexibility index (Phi) is 20.5. The van der Waals surface area contributed by atoms with Crippen LogP contribution in [-0.2, 0) is 19.6 Å². The first-order chi connectivity index (χ1) is 18.3. The second-order valence-electron chi connectivity index (χ2n) is 11.7. The molecule has 0 aliphatic heterocycles. The van der Waals surface area contributed by atoms with E-state index in [-0.39, 0.29) is 0 Å². The maximum Gasteiger partial charge on any atom is 0.239 e. The molecule has 2 atom stereocenters. The van der Waals surface area contributed by atoms with Crippen LogP contribution in [0.25, 0.3) is 0 Å². The molecule has 0 aromatic rings. The molecule has 2 unspecified atom stereocenters. The Hall–Kier alpha value is -0.240. The normalized spacial score (nSPS) is 15.9. The lowest BCUT2D eigenvalue weighted by Crippen LogP contribution is -2.57. The summed E-state index contributed by atoms with van der Waals surface area (Å²) in [5.41, 5.74) is -0.821. The molecular formula is C32H66O6. The van der Waals surface area contributed by atoms with Crippen LogP contribution in [0, 0.1) is 10.8 Å². The van der Waals surface area contributed by atoms with Crippen molar-refractivity contribution >= 4 is 0 Å². The molecule has 6 heteroatoms. The van der Waals surface area contributed by atoms with Crippen molar-refractivity contribution in [2.75, 3.05) is 0 Å². The summed E-state index contributed by atoms with van der Waals surface area (Å²) < 4.78 is 0. The maximum absolute atomic E-state index is 10.6. The summed E-state index contributed by atoms with van der Waals surface area (Å²) in [5, 5.41) is 21.1. The van der Waals surface area contributed by atoms with E-state index in [1.54, 1.807) is 0 Å². The quantitative estimate of drug-likeness (QED) is 0.0606. The SMILES string of the molecule is CCCCC(CCCC)(CCCC)C(CC)(OO)OOC(CC)(OO)C(CCCC)(CCCC)CCCC. The van der Waals surface area contributed by atoms with Crippen molar-refractivity contribution in [1.82, 2.24) is 0 Å². The Labute approximate surface area is 236 Å². The lowest BCUT2D eigenvalue weighted by molar-refractivity contribution is -0.603. The Morgan fingerprint density at radius 1 is 0.395 bits per heavy atom. The standard InChI is InChI=1S/C32H66O6/c1-9-17-23-29(24-18-10-2,25-19-11-3)31(15-7,35-33)37-38-32(16-8,36-34)30(26-20-12-4,27-21-13-5)28-22-14-6/h33-34H,9-28H2,1-8H3. The van der Waals surface area contributed by atoms with E-state index in [2.05, 4.69) is 41.5 Å². The topological polar surface area (TPSA) is 77.4 Å². The van der Waals surface area contributed by atoms with Crippen LogP contribution in [0.5, 0.6) is 0 Å². The van der Waals surface area contributed by atoms with Crippen LogP contribution in [0.15, 0.2) is 0 Å². The molecule has 0 aromatic carbocycles. The van der Waals surface area contributed by atoms with Gasteiger partial charge in [-0.25, -0.2) is 20.3 Å². The largest absolute Gasteiger partial charge is 0.249 e. The molecule has 38 heavy (non-hydrogen) atoms. The van der Waals surface area contributed by atoms with Gasteiger partial charge < -0.3 is 0 Å². The first-order valence-corrected chi connectivity index (χ1v) is 16.3. The average Bonchev–Trinajstić information content (AvgIpc) is 2.96. The highest BCUT2D eigenvalue weighted by Gasteiger charge is 2.58. The van der Waals surface area contributed by atoms with Gasteiger partial charge >= 0.3 is 0 Å². The molecule has 6 nitrogen and oxygen atoms in total. The van der Waals surface area contributed by atoms with E-state index in [1.165, 1.54) is 0 Å². The highest BCUT2D eigenvalue weighted by atomic mass is 17.3. The fourth-order valence-corrected chi connectivity index (χ4v) is 6.52. The molecule has 0 saturated heterocycles. The number of hydrogen-bond donors (Lipinski definition) is 2. The van der Waals surface area contributed by atoms with Crippen molar-refractivity contribution in [3.8, 4) is 0 Å². The van der Waals surface area contributed by atoms with Gasteiger partial charge in [0.25, 0.3) is 0 Å². The first-order valence-electron chi connectivity index (χ1n) is 16.3. The minimum Gasteiger partial charge on any atom is -0.249 e. The van der Waals surface area contributed by atoms with Crippen LogP contribution >= 0.6 is 0 Å². The van der Waals surface area contributed by atoms with Crippen molar-refractivity contribution in [1.29, 1.82) is 0 Å². The van der Waals surface area contributed by atoms with E-state index in [4.69, 9.17) is 19.6 Å². The van der Waals surface area contributed by atoms with Crippen molar-refractivity contribution < 1.29 is 30.1 Å². The van der Waals surface area contributed by atoms with Gasteiger partial charge in [0.1, 0.15) is 0 Å². The van der Waals surface area contributed by atoms with Gasteiger partial charge in [-0.2, -0.15) is 9.78 Å². The summed E-state index contributed by atoms with van der Waals surface area (Å²) in [7, 11) is 0. The molecule has 0 rings (SSSR count). The van der Waals surface area contributed by atoms with E-state index in [0.29, 0.717) is 12.8 Å². The summed E-state index contributed by atoms with van der Waals surface area (Å²) >= 11 is 0. The molecule has 0 bridgehead atoms. The van der Waals surface area contributed by atoms with Crippen LogP contribution < -0.4 is 0 Å². The smallest absolute Gasteiger partial charge is 0.239 e. The summed E-state index contributed by atoms with van der Waals surface area (Å²) in [5.74, 6) is -2.70. The van der Waals surface area contributed by atoms with Crippen LogP contribution in [-0.4, -0.2) is 22.1 Å². The second-order valence-corrected chi connectivity index (χ2v) is 11.7. The van der Waals surface area contributed by atoms with Gasteiger partial charge in [-0.05, 0) is 38.5 Å². The Balaban J connectivity index is 6.73. The van der Waals surface area contributed by atoms with Crippen LogP contribution in [0.2, 0.25) is 0 Å². The monoisotopic (exact) mass is 546 g/mol.